The number of nitrogens with one attached hydrogen (secondary N) is 3. The molecule has 1 aromatic carbocycles. The average molecular weight is 580 g/mol. The topological polar surface area (TPSA) is 115 Å². The maximum absolute atomic E-state index is 14.1. The monoisotopic (exact) mass is 579 g/mol. The van der Waals surface area contributed by atoms with Crippen LogP contribution in [0.2, 0.25) is 0 Å². The Labute approximate surface area is 250 Å². The van der Waals surface area contributed by atoms with E-state index in [1.54, 1.807) is 4.90 Å². The first-order valence-electron chi connectivity index (χ1n) is 15.9. The Morgan fingerprint density at radius 1 is 1.05 bits per heavy atom. The smallest absolute Gasteiger partial charge is 0.243 e. The number of rotatable bonds is 11. The van der Waals surface area contributed by atoms with Crippen LogP contribution in [0.25, 0.3) is 10.9 Å². The van der Waals surface area contributed by atoms with Gasteiger partial charge in [0.25, 0.3) is 0 Å². The molecule has 3 heterocycles. The van der Waals surface area contributed by atoms with E-state index in [1.807, 2.05) is 38.4 Å². The second-order valence-corrected chi connectivity index (χ2v) is 12.3. The number of aromatic amines is 1. The molecule has 5 atom stereocenters. The van der Waals surface area contributed by atoms with Crippen molar-refractivity contribution in [1.29, 1.82) is 0 Å². The number of nitrogens with zero attached hydrogens (tertiary/aromatic N) is 2. The van der Waals surface area contributed by atoms with Crippen molar-refractivity contribution in [3.63, 3.8) is 0 Å². The van der Waals surface area contributed by atoms with E-state index in [0.29, 0.717) is 45.2 Å². The van der Waals surface area contributed by atoms with Crippen molar-refractivity contribution in [2.45, 2.75) is 109 Å². The average Bonchev–Trinajstić information content (AvgIpc) is 3.63. The van der Waals surface area contributed by atoms with Gasteiger partial charge in [0.1, 0.15) is 17.9 Å². The van der Waals surface area contributed by atoms with Crippen molar-refractivity contribution in [2.75, 3.05) is 20.1 Å². The minimum atomic E-state index is -0.697. The number of para-hydroxylation sites is 1. The molecule has 2 aromatic rings. The zero-order chi connectivity index (χ0) is 30.2. The summed E-state index contributed by atoms with van der Waals surface area (Å²) in [7, 11) is 1.97. The summed E-state index contributed by atoms with van der Waals surface area (Å²) in [4.78, 5) is 60.4. The van der Waals surface area contributed by atoms with Gasteiger partial charge in [-0.05, 0) is 56.7 Å². The molecule has 230 valence electrons. The molecule has 42 heavy (non-hydrogen) atoms. The Morgan fingerprint density at radius 2 is 1.83 bits per heavy atom. The molecule has 0 aliphatic carbocycles. The maximum atomic E-state index is 14.1. The summed E-state index contributed by atoms with van der Waals surface area (Å²) in [5, 5.41) is 7.42. The lowest BCUT2D eigenvalue weighted by Crippen LogP contribution is -2.61. The molecule has 0 bridgehead atoms. The van der Waals surface area contributed by atoms with E-state index in [0.717, 1.165) is 48.6 Å². The minimum absolute atomic E-state index is 0.000569. The highest BCUT2D eigenvalue weighted by Crippen LogP contribution is 2.26. The zero-order valence-electron chi connectivity index (χ0n) is 25.8. The van der Waals surface area contributed by atoms with Crippen LogP contribution in [0.4, 0.5) is 0 Å². The van der Waals surface area contributed by atoms with Crippen molar-refractivity contribution in [3.05, 3.63) is 36.0 Å². The predicted molar refractivity (Wildman–Crippen MR) is 165 cm³/mol. The van der Waals surface area contributed by atoms with Gasteiger partial charge in [-0.3, -0.25) is 24.1 Å². The molecular formula is C33H49N5O4. The number of hydrogen-bond donors (Lipinski definition) is 3. The zero-order valence-corrected chi connectivity index (χ0v) is 25.8. The molecule has 2 saturated heterocycles. The molecule has 0 unspecified atom stereocenters. The van der Waals surface area contributed by atoms with Gasteiger partial charge >= 0.3 is 0 Å². The van der Waals surface area contributed by atoms with Crippen LogP contribution in [0.1, 0.15) is 84.1 Å². The van der Waals surface area contributed by atoms with Gasteiger partial charge in [0, 0.05) is 49.1 Å². The van der Waals surface area contributed by atoms with Gasteiger partial charge in [0.15, 0.2) is 0 Å². The maximum Gasteiger partial charge on any atom is 0.243 e. The molecule has 3 amide bonds. The van der Waals surface area contributed by atoms with Gasteiger partial charge in [0.2, 0.25) is 17.7 Å². The second kappa shape index (κ2) is 14.8. The van der Waals surface area contributed by atoms with Gasteiger partial charge in [0.05, 0.1) is 6.04 Å². The first kappa shape index (κ1) is 31.7. The molecule has 2 fully saturated rings. The molecular weight excluding hydrogens is 530 g/mol. The van der Waals surface area contributed by atoms with Gasteiger partial charge in [-0.1, -0.05) is 58.2 Å². The fourth-order valence-electron chi connectivity index (χ4n) is 6.61. The summed E-state index contributed by atoms with van der Waals surface area (Å²) in [6.07, 6.45) is 8.70. The Bertz CT molecular complexity index is 1240. The highest BCUT2D eigenvalue weighted by atomic mass is 16.2. The molecule has 2 aliphatic heterocycles. The van der Waals surface area contributed by atoms with Crippen molar-refractivity contribution >= 4 is 34.4 Å². The molecule has 0 saturated carbocycles. The number of H-pyrrole nitrogens is 1. The van der Waals surface area contributed by atoms with Crippen LogP contribution < -0.4 is 10.6 Å². The van der Waals surface area contributed by atoms with Crippen LogP contribution in [0.15, 0.2) is 30.5 Å². The van der Waals surface area contributed by atoms with Gasteiger partial charge in [-0.15, -0.1) is 0 Å². The standard InChI is InChI=1S/C33H49N5O4/c1-5-22(3)30-33(42)38-18-12-17-29(38)32(41)36-28(16-9-7-8-13-25(39)6-2)31(40)35-24(21-37(30)4)19-23-20-34-27-15-11-10-14-26(23)27/h10-11,14-15,20,22,24,28-30,34H,5-9,12-13,16-19,21H2,1-4H3,(H,35,40)(H,36,41)/t22-,24-,28-,29+,30-/m0/s1. The highest BCUT2D eigenvalue weighted by Gasteiger charge is 2.42. The predicted octanol–water partition coefficient (Wildman–Crippen LogP) is 3.96. The number of hydrogen-bond acceptors (Lipinski definition) is 5. The van der Waals surface area contributed by atoms with Crippen LogP contribution in [0.3, 0.4) is 0 Å². The first-order chi connectivity index (χ1) is 20.2. The Balaban J connectivity index is 1.61. The number of fused-ring (bicyclic) bond motifs is 2. The third kappa shape index (κ3) is 7.60. The quantitative estimate of drug-likeness (QED) is 0.349. The van der Waals surface area contributed by atoms with Crippen LogP contribution in [-0.2, 0) is 25.6 Å². The lowest BCUT2D eigenvalue weighted by molar-refractivity contribution is -0.145. The van der Waals surface area contributed by atoms with Gasteiger partial charge < -0.3 is 20.5 Å². The molecule has 0 radical (unpaired) electrons. The molecule has 9 nitrogen and oxygen atoms in total. The van der Waals surface area contributed by atoms with E-state index >= 15 is 0 Å². The second-order valence-electron chi connectivity index (χ2n) is 12.3. The van der Waals surface area contributed by atoms with Crippen molar-refractivity contribution < 1.29 is 19.2 Å². The number of unbranched alkanes of at least 4 members (excludes halogenated alkanes) is 2. The fraction of sp³-hybridized carbons (Fsp3) is 0.636. The van der Waals surface area contributed by atoms with Crippen LogP contribution in [0.5, 0.6) is 0 Å². The summed E-state index contributed by atoms with van der Waals surface area (Å²) >= 11 is 0. The van der Waals surface area contributed by atoms with E-state index in [-0.39, 0.29) is 41.5 Å². The number of carbonyl (C=O) groups is 4. The molecule has 0 spiro atoms. The first-order valence-corrected chi connectivity index (χ1v) is 15.9. The summed E-state index contributed by atoms with van der Waals surface area (Å²) < 4.78 is 0. The van der Waals surface area contributed by atoms with Crippen molar-refractivity contribution in [2.24, 2.45) is 5.92 Å². The highest BCUT2D eigenvalue weighted by molar-refractivity contribution is 5.94. The molecule has 2 aliphatic rings. The summed E-state index contributed by atoms with van der Waals surface area (Å²) in [6.45, 7) is 7.11. The SMILES string of the molecule is CCC(=O)CCCCC[C@@H]1NC(=O)[C@H]2CCCN2C(=O)[C@H]([C@@H](C)CC)N(C)C[C@H](Cc2c[nH]c3ccccc23)NC1=O. The Kier molecular flexibility index (Phi) is 11.2. The minimum Gasteiger partial charge on any atom is -0.361 e. The molecule has 1 aromatic heterocycles. The van der Waals surface area contributed by atoms with E-state index in [4.69, 9.17) is 0 Å². The van der Waals surface area contributed by atoms with Crippen molar-refractivity contribution in [1.82, 2.24) is 25.4 Å². The van der Waals surface area contributed by atoms with E-state index in [1.165, 1.54) is 0 Å². The van der Waals surface area contributed by atoms with Crippen LogP contribution >= 0.6 is 0 Å². The normalized spacial score (nSPS) is 25.0. The van der Waals surface area contributed by atoms with Crippen LogP contribution in [-0.4, -0.2) is 82.6 Å². The van der Waals surface area contributed by atoms with Crippen molar-refractivity contribution in [3.8, 4) is 0 Å². The fourth-order valence-corrected chi connectivity index (χ4v) is 6.61. The number of Topliss-reactive ketones (excluding diaryl/α,β-unsaturated/α-hetero) is 1. The van der Waals surface area contributed by atoms with E-state index in [9.17, 15) is 19.2 Å². The Hall–Kier alpha value is -3.20. The molecule has 9 heteroatoms. The third-order valence-corrected chi connectivity index (χ3v) is 9.22. The molecule has 4 rings (SSSR count). The third-order valence-electron chi connectivity index (χ3n) is 9.22. The summed E-state index contributed by atoms with van der Waals surface area (Å²) in [5.74, 6) is -0.104. The summed E-state index contributed by atoms with van der Waals surface area (Å²) in [5.41, 5.74) is 2.14. The van der Waals surface area contributed by atoms with Crippen LogP contribution in [0, 0.1) is 5.92 Å². The lowest BCUT2D eigenvalue weighted by atomic mass is 9.94. The number of likely N-dealkylation sites (N-methyl/N-ethyl adjacent to an activating group) is 1. The van der Waals surface area contributed by atoms with E-state index < -0.39 is 12.1 Å². The van der Waals surface area contributed by atoms with Gasteiger partial charge in [-0.2, -0.15) is 0 Å². The number of ketones is 1. The molecule has 3 N–H and O–H groups in total. The number of benzene rings is 1. The van der Waals surface area contributed by atoms with Gasteiger partial charge in [-0.25, -0.2) is 0 Å². The number of amides is 3. The summed E-state index contributed by atoms with van der Waals surface area (Å²) in [6, 6.07) is 6.21. The Morgan fingerprint density at radius 3 is 2.60 bits per heavy atom. The number of aromatic nitrogens is 1. The largest absolute Gasteiger partial charge is 0.361 e. The van der Waals surface area contributed by atoms with E-state index in [2.05, 4.69) is 40.4 Å². The number of carbonyl (C=O) groups excluding carboxylic acids is 4. The lowest BCUT2D eigenvalue weighted by Gasteiger charge is -2.39.